The van der Waals surface area contributed by atoms with Gasteiger partial charge in [0, 0.05) is 13.1 Å². The van der Waals surface area contributed by atoms with Gasteiger partial charge in [0.2, 0.25) is 0 Å². The molecule has 1 aromatic heterocycles. The summed E-state index contributed by atoms with van der Waals surface area (Å²) in [4.78, 5) is 0. The fraction of sp³-hybridized carbons (Fsp3) is 0.769. The lowest BCUT2D eigenvalue weighted by Crippen LogP contribution is -2.18. The second kappa shape index (κ2) is 9.31. The Hall–Kier alpha value is 0.380. The zero-order valence-corrected chi connectivity index (χ0v) is 15.1. The molecule has 0 fully saturated rings. The molecule has 1 N–H and O–H groups in total. The van der Waals surface area contributed by atoms with E-state index in [1.807, 2.05) is 6.92 Å². The molecule has 18 heavy (non-hydrogen) atoms. The molecule has 0 aliphatic heterocycles. The number of nitrogens with zero attached hydrogens (tertiary/aromatic N) is 2. The molecule has 0 saturated heterocycles. The number of halogens is 2. The molecule has 0 aromatic carbocycles. The van der Waals surface area contributed by atoms with Gasteiger partial charge in [-0.25, -0.2) is 0 Å². The van der Waals surface area contributed by atoms with Gasteiger partial charge in [0.05, 0.1) is 15.9 Å². The Morgan fingerprint density at radius 2 is 2.00 bits per heavy atom. The largest absolute Gasteiger partial charge is 0.311 e. The lowest BCUT2D eigenvalue weighted by molar-refractivity contribution is 0.556. The SMILES string of the molecule is CCn1nc(C)c(Br)c1CNCCCCCCI. The molecule has 5 heteroatoms. The Morgan fingerprint density at radius 1 is 1.28 bits per heavy atom. The summed E-state index contributed by atoms with van der Waals surface area (Å²) in [6, 6.07) is 0. The quantitative estimate of drug-likeness (QED) is 0.366. The van der Waals surface area contributed by atoms with E-state index < -0.39 is 0 Å². The smallest absolute Gasteiger partial charge is 0.0739 e. The van der Waals surface area contributed by atoms with Crippen molar-refractivity contribution in [3.63, 3.8) is 0 Å². The van der Waals surface area contributed by atoms with Crippen LogP contribution in [0.15, 0.2) is 4.47 Å². The third kappa shape index (κ3) is 5.17. The van der Waals surface area contributed by atoms with E-state index >= 15 is 0 Å². The lowest BCUT2D eigenvalue weighted by Gasteiger charge is -2.07. The van der Waals surface area contributed by atoms with Crippen LogP contribution in [0.5, 0.6) is 0 Å². The first kappa shape index (κ1) is 16.4. The van der Waals surface area contributed by atoms with Crippen LogP contribution in [-0.4, -0.2) is 20.8 Å². The first-order valence-corrected chi connectivity index (χ1v) is 9.01. The van der Waals surface area contributed by atoms with E-state index in [1.54, 1.807) is 0 Å². The summed E-state index contributed by atoms with van der Waals surface area (Å²) < 4.78 is 4.51. The Bertz CT molecular complexity index is 352. The van der Waals surface area contributed by atoms with Gasteiger partial charge in [-0.15, -0.1) is 0 Å². The maximum Gasteiger partial charge on any atom is 0.0739 e. The van der Waals surface area contributed by atoms with Gasteiger partial charge in [0.15, 0.2) is 0 Å². The van der Waals surface area contributed by atoms with Crippen LogP contribution in [0.4, 0.5) is 0 Å². The molecule has 104 valence electrons. The number of aromatic nitrogens is 2. The summed E-state index contributed by atoms with van der Waals surface area (Å²) in [5, 5.41) is 8.01. The third-order valence-electron chi connectivity index (χ3n) is 2.98. The maximum absolute atomic E-state index is 4.50. The minimum absolute atomic E-state index is 0.904. The molecule has 0 aliphatic rings. The first-order valence-electron chi connectivity index (χ1n) is 6.69. The molecule has 0 spiro atoms. The summed E-state index contributed by atoms with van der Waals surface area (Å²) in [5.74, 6) is 0. The fourth-order valence-corrected chi connectivity index (χ4v) is 2.91. The van der Waals surface area contributed by atoms with Crippen LogP contribution in [0.3, 0.4) is 0 Å². The minimum Gasteiger partial charge on any atom is -0.311 e. The van der Waals surface area contributed by atoms with Crippen LogP contribution < -0.4 is 5.32 Å². The normalized spacial score (nSPS) is 11.1. The van der Waals surface area contributed by atoms with Crippen LogP contribution in [-0.2, 0) is 13.1 Å². The minimum atomic E-state index is 0.904. The number of hydrogen-bond acceptors (Lipinski definition) is 2. The molecule has 0 bridgehead atoms. The van der Waals surface area contributed by atoms with Gasteiger partial charge >= 0.3 is 0 Å². The zero-order chi connectivity index (χ0) is 13.4. The number of unbranched alkanes of at least 4 members (excludes halogenated alkanes) is 3. The van der Waals surface area contributed by atoms with E-state index in [2.05, 4.69) is 60.5 Å². The molecule has 3 nitrogen and oxygen atoms in total. The van der Waals surface area contributed by atoms with Crippen LogP contribution in [0.2, 0.25) is 0 Å². The van der Waals surface area contributed by atoms with Crippen molar-refractivity contribution in [2.45, 2.75) is 52.6 Å². The predicted molar refractivity (Wildman–Crippen MR) is 89.4 cm³/mol. The van der Waals surface area contributed by atoms with E-state index in [-0.39, 0.29) is 0 Å². The van der Waals surface area contributed by atoms with Gasteiger partial charge in [-0.05, 0) is 53.6 Å². The third-order valence-corrected chi connectivity index (χ3v) is 4.78. The molecule has 0 amide bonds. The Balaban J connectivity index is 2.26. The van der Waals surface area contributed by atoms with E-state index in [0.717, 1.165) is 29.8 Å². The molecule has 0 unspecified atom stereocenters. The summed E-state index contributed by atoms with van der Waals surface area (Å²) in [5.41, 5.74) is 2.35. The summed E-state index contributed by atoms with van der Waals surface area (Å²) in [7, 11) is 0. The number of hydrogen-bond donors (Lipinski definition) is 1. The summed E-state index contributed by atoms with van der Waals surface area (Å²) >= 11 is 6.07. The Labute approximate surface area is 132 Å². The highest BCUT2D eigenvalue weighted by Gasteiger charge is 2.10. The maximum atomic E-state index is 4.50. The average molecular weight is 428 g/mol. The molecule has 0 atom stereocenters. The van der Waals surface area contributed by atoms with Crippen molar-refractivity contribution in [3.05, 3.63) is 15.9 Å². The van der Waals surface area contributed by atoms with E-state index in [9.17, 15) is 0 Å². The van der Waals surface area contributed by atoms with Crippen molar-refractivity contribution in [1.29, 1.82) is 0 Å². The van der Waals surface area contributed by atoms with Gasteiger partial charge < -0.3 is 5.32 Å². The highest BCUT2D eigenvalue weighted by Crippen LogP contribution is 2.20. The Morgan fingerprint density at radius 3 is 2.67 bits per heavy atom. The molecular weight excluding hydrogens is 405 g/mol. The predicted octanol–water partition coefficient (Wildman–Crippen LogP) is 4.06. The van der Waals surface area contributed by atoms with Crippen LogP contribution in [0.1, 0.15) is 44.0 Å². The molecule has 1 aromatic rings. The van der Waals surface area contributed by atoms with Gasteiger partial charge in [-0.2, -0.15) is 5.10 Å². The Kier molecular flexibility index (Phi) is 8.50. The summed E-state index contributed by atoms with van der Waals surface area (Å²) in [6.45, 7) is 7.11. The van der Waals surface area contributed by atoms with Crippen LogP contribution in [0.25, 0.3) is 0 Å². The number of nitrogens with one attached hydrogen (secondary N) is 1. The van der Waals surface area contributed by atoms with Gasteiger partial charge in [0.1, 0.15) is 0 Å². The molecule has 0 aliphatic carbocycles. The van der Waals surface area contributed by atoms with Crippen molar-refractivity contribution in [3.8, 4) is 0 Å². The van der Waals surface area contributed by atoms with E-state index in [4.69, 9.17) is 0 Å². The zero-order valence-electron chi connectivity index (χ0n) is 11.3. The standard InChI is InChI=1S/C13H23BrIN3/c1-3-18-12(13(14)11(2)17-18)10-16-9-7-5-4-6-8-15/h16H,3-10H2,1-2H3. The van der Waals surface area contributed by atoms with Crippen molar-refractivity contribution >= 4 is 38.5 Å². The molecule has 0 radical (unpaired) electrons. The second-order valence-corrected chi connectivity index (χ2v) is 6.31. The van der Waals surface area contributed by atoms with E-state index in [1.165, 1.54) is 35.8 Å². The highest BCUT2D eigenvalue weighted by molar-refractivity contribution is 14.1. The van der Waals surface area contributed by atoms with Crippen molar-refractivity contribution in [2.24, 2.45) is 0 Å². The van der Waals surface area contributed by atoms with Gasteiger partial charge in [-0.3, -0.25) is 4.68 Å². The number of rotatable bonds is 9. The van der Waals surface area contributed by atoms with Gasteiger partial charge in [-0.1, -0.05) is 35.4 Å². The number of aryl methyl sites for hydroxylation is 2. The monoisotopic (exact) mass is 427 g/mol. The van der Waals surface area contributed by atoms with E-state index in [0.29, 0.717) is 0 Å². The van der Waals surface area contributed by atoms with Gasteiger partial charge in [0.25, 0.3) is 0 Å². The van der Waals surface area contributed by atoms with Crippen molar-refractivity contribution in [1.82, 2.24) is 15.1 Å². The topological polar surface area (TPSA) is 29.9 Å². The molecular formula is C13H23BrIN3. The molecule has 1 rings (SSSR count). The van der Waals surface area contributed by atoms with Crippen LogP contribution in [0, 0.1) is 6.92 Å². The molecule has 0 saturated carbocycles. The van der Waals surface area contributed by atoms with Crippen molar-refractivity contribution in [2.75, 3.05) is 11.0 Å². The van der Waals surface area contributed by atoms with Crippen LogP contribution >= 0.6 is 38.5 Å². The highest BCUT2D eigenvalue weighted by atomic mass is 127. The van der Waals surface area contributed by atoms with Crippen molar-refractivity contribution < 1.29 is 0 Å². The number of alkyl halides is 1. The average Bonchev–Trinajstić information content (AvgIpc) is 2.65. The summed E-state index contributed by atoms with van der Waals surface area (Å²) in [6.07, 6.45) is 5.32. The fourth-order valence-electron chi connectivity index (χ4n) is 1.94. The lowest BCUT2D eigenvalue weighted by atomic mass is 10.2. The second-order valence-electron chi connectivity index (χ2n) is 4.44. The first-order chi connectivity index (χ1) is 8.70. The molecule has 1 heterocycles.